The topological polar surface area (TPSA) is 51.2 Å². The van der Waals surface area contributed by atoms with Gasteiger partial charge in [-0.15, -0.1) is 0 Å². The second-order valence-corrected chi connectivity index (χ2v) is 4.44. The van der Waals surface area contributed by atoms with Crippen molar-refractivity contribution in [3.8, 4) is 5.88 Å². The summed E-state index contributed by atoms with van der Waals surface area (Å²) in [6.07, 6.45) is 0. The van der Waals surface area contributed by atoms with Gasteiger partial charge in [-0.25, -0.2) is 9.37 Å². The van der Waals surface area contributed by atoms with Gasteiger partial charge < -0.3 is 10.1 Å². The van der Waals surface area contributed by atoms with Crippen molar-refractivity contribution < 1.29 is 13.9 Å². The molecule has 4 nitrogen and oxygen atoms in total. The number of carbonyl (C=O) groups is 1. The van der Waals surface area contributed by atoms with Crippen molar-refractivity contribution in [2.75, 3.05) is 12.4 Å². The van der Waals surface area contributed by atoms with Crippen LogP contribution in [0.3, 0.4) is 0 Å². The summed E-state index contributed by atoms with van der Waals surface area (Å²) in [7, 11) is 1.50. The summed E-state index contributed by atoms with van der Waals surface area (Å²) in [5, 5.41) is 2.64. The van der Waals surface area contributed by atoms with Crippen LogP contribution in [-0.4, -0.2) is 18.0 Å². The number of benzene rings is 1. The van der Waals surface area contributed by atoms with Crippen LogP contribution in [0.5, 0.6) is 5.88 Å². The van der Waals surface area contributed by atoms with Crippen LogP contribution in [0.4, 0.5) is 10.1 Å². The Morgan fingerprint density at radius 2 is 2.10 bits per heavy atom. The van der Waals surface area contributed by atoms with Gasteiger partial charge >= 0.3 is 0 Å². The Morgan fingerprint density at radius 3 is 2.70 bits per heavy atom. The molecular formula is C14H12ClFN2O2. The number of halogens is 2. The number of anilines is 1. The molecule has 0 aliphatic heterocycles. The maximum absolute atomic E-state index is 13.6. The normalized spacial score (nSPS) is 10.2. The Hall–Kier alpha value is -2.14. The summed E-state index contributed by atoms with van der Waals surface area (Å²) in [5.74, 6) is -0.860. The van der Waals surface area contributed by atoms with E-state index in [1.165, 1.54) is 25.3 Å². The maximum Gasteiger partial charge on any atom is 0.260 e. The molecule has 1 aromatic heterocycles. The predicted octanol–water partition coefficient (Wildman–Crippen LogP) is 3.44. The number of rotatable bonds is 3. The Morgan fingerprint density at radius 1 is 1.35 bits per heavy atom. The number of hydrogen-bond donors (Lipinski definition) is 1. The zero-order valence-electron chi connectivity index (χ0n) is 10.9. The molecule has 1 N–H and O–H groups in total. The van der Waals surface area contributed by atoms with Gasteiger partial charge in [0.1, 0.15) is 5.82 Å². The molecule has 0 radical (unpaired) electrons. The number of aryl methyl sites for hydroxylation is 1. The third kappa shape index (κ3) is 2.88. The van der Waals surface area contributed by atoms with E-state index in [-0.39, 0.29) is 10.6 Å². The number of pyridine rings is 1. The van der Waals surface area contributed by atoms with E-state index in [1.54, 1.807) is 19.1 Å². The first-order chi connectivity index (χ1) is 9.52. The lowest BCUT2D eigenvalue weighted by molar-refractivity contribution is 0.102. The molecule has 20 heavy (non-hydrogen) atoms. The molecule has 0 aliphatic rings. The van der Waals surface area contributed by atoms with Crippen LogP contribution in [-0.2, 0) is 0 Å². The molecule has 0 saturated carbocycles. The number of amides is 1. The molecule has 0 spiro atoms. The molecule has 0 atom stereocenters. The molecule has 6 heteroatoms. The highest BCUT2D eigenvalue weighted by atomic mass is 35.5. The van der Waals surface area contributed by atoms with Crippen LogP contribution in [0.2, 0.25) is 5.02 Å². The number of aromatic nitrogens is 1. The van der Waals surface area contributed by atoms with Gasteiger partial charge in [0.2, 0.25) is 5.88 Å². The lowest BCUT2D eigenvalue weighted by atomic mass is 10.2. The van der Waals surface area contributed by atoms with Crippen molar-refractivity contribution in [3.05, 3.63) is 52.4 Å². The highest BCUT2D eigenvalue weighted by Gasteiger charge is 2.16. The fourth-order valence-electron chi connectivity index (χ4n) is 1.68. The highest BCUT2D eigenvalue weighted by molar-refractivity contribution is 6.34. The smallest absolute Gasteiger partial charge is 0.260 e. The van der Waals surface area contributed by atoms with Crippen molar-refractivity contribution in [3.63, 3.8) is 0 Å². The van der Waals surface area contributed by atoms with Crippen LogP contribution in [0.15, 0.2) is 30.3 Å². The minimum absolute atomic E-state index is 0.0571. The standard InChI is InChI=1S/C14H12ClFN2O2/c1-8-11(6-7-12(17-8)20-2)18-14(19)13-9(15)4-3-5-10(13)16/h3-7H,1-2H3,(H,18,19). The fraction of sp³-hybridized carbons (Fsp3) is 0.143. The zero-order chi connectivity index (χ0) is 14.7. The number of nitrogens with one attached hydrogen (secondary N) is 1. The average molecular weight is 295 g/mol. The first kappa shape index (κ1) is 14.3. The molecule has 0 fully saturated rings. The summed E-state index contributed by atoms with van der Waals surface area (Å²) >= 11 is 5.84. The van der Waals surface area contributed by atoms with Crippen molar-refractivity contribution in [1.29, 1.82) is 0 Å². The van der Waals surface area contributed by atoms with Gasteiger partial charge in [0, 0.05) is 6.07 Å². The van der Waals surface area contributed by atoms with E-state index in [4.69, 9.17) is 16.3 Å². The second kappa shape index (κ2) is 5.88. The molecule has 0 saturated heterocycles. The third-order valence-corrected chi connectivity index (χ3v) is 3.02. The lowest BCUT2D eigenvalue weighted by Crippen LogP contribution is -2.15. The summed E-state index contributed by atoms with van der Waals surface area (Å²) in [6.45, 7) is 1.71. The molecule has 104 valence electrons. The third-order valence-electron chi connectivity index (χ3n) is 2.71. The van der Waals surface area contributed by atoms with Crippen LogP contribution in [0.1, 0.15) is 16.1 Å². The van der Waals surface area contributed by atoms with Crippen LogP contribution in [0, 0.1) is 12.7 Å². The van der Waals surface area contributed by atoms with Gasteiger partial charge in [-0.3, -0.25) is 4.79 Å². The quantitative estimate of drug-likeness (QED) is 0.943. The van der Waals surface area contributed by atoms with E-state index in [0.717, 1.165) is 0 Å². The monoisotopic (exact) mass is 294 g/mol. The zero-order valence-corrected chi connectivity index (χ0v) is 11.7. The van der Waals surface area contributed by atoms with Gasteiger partial charge in [0.15, 0.2) is 0 Å². The number of nitrogens with zero attached hydrogens (tertiary/aromatic N) is 1. The minimum Gasteiger partial charge on any atom is -0.481 e. The summed E-state index contributed by atoms with van der Waals surface area (Å²) in [5.41, 5.74) is 0.838. The molecule has 1 aromatic carbocycles. The van der Waals surface area contributed by atoms with Crippen molar-refractivity contribution in [1.82, 2.24) is 4.98 Å². The first-order valence-electron chi connectivity index (χ1n) is 5.80. The number of ether oxygens (including phenoxy) is 1. The minimum atomic E-state index is -0.672. The van der Waals surface area contributed by atoms with Crippen LogP contribution < -0.4 is 10.1 Å². The summed E-state index contributed by atoms with van der Waals surface area (Å²) in [6, 6.07) is 7.31. The number of methoxy groups -OCH3 is 1. The van der Waals surface area contributed by atoms with E-state index >= 15 is 0 Å². The Bertz CT molecular complexity index is 641. The molecule has 1 heterocycles. The Labute approximate surface area is 120 Å². The lowest BCUT2D eigenvalue weighted by Gasteiger charge is -2.10. The average Bonchev–Trinajstić information content (AvgIpc) is 2.41. The van der Waals surface area contributed by atoms with Gasteiger partial charge in [0.25, 0.3) is 5.91 Å². The van der Waals surface area contributed by atoms with E-state index in [9.17, 15) is 9.18 Å². The molecule has 0 bridgehead atoms. The molecule has 1 amide bonds. The maximum atomic E-state index is 13.6. The van der Waals surface area contributed by atoms with E-state index in [2.05, 4.69) is 10.3 Å². The first-order valence-corrected chi connectivity index (χ1v) is 6.17. The van der Waals surface area contributed by atoms with E-state index < -0.39 is 11.7 Å². The Balaban J connectivity index is 2.28. The van der Waals surface area contributed by atoms with Gasteiger partial charge in [0.05, 0.1) is 29.1 Å². The summed E-state index contributed by atoms with van der Waals surface area (Å²) in [4.78, 5) is 16.2. The number of carbonyl (C=O) groups excluding carboxylic acids is 1. The second-order valence-electron chi connectivity index (χ2n) is 4.04. The largest absolute Gasteiger partial charge is 0.481 e. The van der Waals surface area contributed by atoms with Gasteiger partial charge in [-0.05, 0) is 25.1 Å². The van der Waals surface area contributed by atoms with Crippen molar-refractivity contribution in [2.45, 2.75) is 6.92 Å². The van der Waals surface area contributed by atoms with E-state index in [0.29, 0.717) is 17.3 Å². The molecule has 0 aliphatic carbocycles. The molecule has 0 unspecified atom stereocenters. The van der Waals surface area contributed by atoms with Crippen molar-refractivity contribution >= 4 is 23.2 Å². The molecular weight excluding hydrogens is 283 g/mol. The van der Waals surface area contributed by atoms with Crippen LogP contribution in [0.25, 0.3) is 0 Å². The Kier molecular flexibility index (Phi) is 4.20. The predicted molar refractivity (Wildman–Crippen MR) is 74.9 cm³/mol. The van der Waals surface area contributed by atoms with Crippen LogP contribution >= 0.6 is 11.6 Å². The molecule has 2 rings (SSSR count). The van der Waals surface area contributed by atoms with E-state index in [1.807, 2.05) is 0 Å². The van der Waals surface area contributed by atoms with Gasteiger partial charge in [-0.1, -0.05) is 17.7 Å². The molecule has 2 aromatic rings. The fourth-order valence-corrected chi connectivity index (χ4v) is 1.93. The van der Waals surface area contributed by atoms with Gasteiger partial charge in [-0.2, -0.15) is 0 Å². The summed E-state index contributed by atoms with van der Waals surface area (Å²) < 4.78 is 18.6. The van der Waals surface area contributed by atoms with Crippen molar-refractivity contribution in [2.24, 2.45) is 0 Å². The highest BCUT2D eigenvalue weighted by Crippen LogP contribution is 2.22. The number of hydrogen-bond acceptors (Lipinski definition) is 3. The SMILES string of the molecule is COc1ccc(NC(=O)c2c(F)cccc2Cl)c(C)n1.